The lowest BCUT2D eigenvalue weighted by molar-refractivity contribution is 0.590. The Labute approximate surface area is 136 Å². The van der Waals surface area contributed by atoms with Crippen molar-refractivity contribution in [1.82, 2.24) is 19.9 Å². The Hall–Kier alpha value is -2.40. The maximum atomic E-state index is 4.82. The van der Waals surface area contributed by atoms with Crippen LogP contribution in [0.3, 0.4) is 0 Å². The van der Waals surface area contributed by atoms with Crippen LogP contribution in [-0.4, -0.2) is 40.7 Å². The Morgan fingerprint density at radius 2 is 1.87 bits per heavy atom. The van der Waals surface area contributed by atoms with Crippen LogP contribution in [-0.2, 0) is 6.54 Å². The Bertz CT molecular complexity index is 803. The van der Waals surface area contributed by atoms with Crippen LogP contribution in [0.5, 0.6) is 0 Å². The fourth-order valence-electron chi connectivity index (χ4n) is 3.23. The second-order valence-electron chi connectivity index (χ2n) is 5.97. The van der Waals surface area contributed by atoms with Crippen LogP contribution in [0, 0.1) is 6.92 Å². The number of nitrogens with one attached hydrogen (secondary N) is 1. The number of fused-ring (bicyclic) bond motifs is 1. The molecule has 23 heavy (non-hydrogen) atoms. The lowest BCUT2D eigenvalue weighted by Crippen LogP contribution is -2.43. The van der Waals surface area contributed by atoms with Crippen molar-refractivity contribution < 1.29 is 0 Å². The highest BCUT2D eigenvalue weighted by atomic mass is 15.2. The number of aromatic nitrogens is 3. The van der Waals surface area contributed by atoms with Gasteiger partial charge in [0, 0.05) is 32.4 Å². The molecule has 1 N–H and O–H groups in total. The molecule has 3 aromatic rings. The van der Waals surface area contributed by atoms with Crippen molar-refractivity contribution in [3.63, 3.8) is 0 Å². The Morgan fingerprint density at radius 1 is 1.09 bits per heavy atom. The van der Waals surface area contributed by atoms with E-state index in [0.29, 0.717) is 0 Å². The van der Waals surface area contributed by atoms with Crippen LogP contribution in [0.2, 0.25) is 0 Å². The maximum absolute atomic E-state index is 4.82. The summed E-state index contributed by atoms with van der Waals surface area (Å²) in [6.07, 6.45) is 1.91. The predicted octanol–water partition coefficient (Wildman–Crippen LogP) is 2.20. The highest BCUT2D eigenvalue weighted by Gasteiger charge is 2.18. The summed E-state index contributed by atoms with van der Waals surface area (Å²) in [5.41, 5.74) is 4.46. The molecule has 1 fully saturated rings. The second kappa shape index (κ2) is 6.01. The van der Waals surface area contributed by atoms with Gasteiger partial charge < -0.3 is 14.8 Å². The Kier molecular flexibility index (Phi) is 3.71. The molecule has 1 aliphatic rings. The number of piperazine rings is 1. The van der Waals surface area contributed by atoms with E-state index in [1.807, 2.05) is 12.3 Å². The SMILES string of the molecule is Cc1nc2c(N3CCNCC3)ccnc2n1Cc1ccccc1. The molecule has 0 spiro atoms. The monoisotopic (exact) mass is 307 g/mol. The zero-order valence-corrected chi connectivity index (χ0v) is 13.4. The molecule has 2 aromatic heterocycles. The minimum atomic E-state index is 0.807. The van der Waals surface area contributed by atoms with E-state index in [-0.39, 0.29) is 0 Å². The predicted molar refractivity (Wildman–Crippen MR) is 92.9 cm³/mol. The highest BCUT2D eigenvalue weighted by molar-refractivity contribution is 5.86. The summed E-state index contributed by atoms with van der Waals surface area (Å²) in [6.45, 7) is 6.95. The average Bonchev–Trinajstić information content (AvgIpc) is 2.92. The summed E-state index contributed by atoms with van der Waals surface area (Å²) >= 11 is 0. The summed E-state index contributed by atoms with van der Waals surface area (Å²) in [5.74, 6) is 1.01. The summed E-state index contributed by atoms with van der Waals surface area (Å²) in [7, 11) is 0. The standard InChI is InChI=1S/C18H21N5/c1-14-21-17-16(22-11-9-19-10-12-22)7-8-20-18(17)23(14)13-15-5-3-2-4-6-15/h2-8,19H,9-13H2,1H3. The van der Waals surface area contributed by atoms with Crippen LogP contribution in [0.4, 0.5) is 5.69 Å². The van der Waals surface area contributed by atoms with Crippen LogP contribution in [0.25, 0.3) is 11.2 Å². The molecule has 0 saturated carbocycles. The third-order valence-electron chi connectivity index (χ3n) is 4.44. The number of imidazole rings is 1. The molecule has 5 nitrogen and oxygen atoms in total. The number of pyridine rings is 1. The Morgan fingerprint density at radius 3 is 2.65 bits per heavy atom. The van der Waals surface area contributed by atoms with Crippen LogP contribution < -0.4 is 10.2 Å². The molecule has 0 atom stereocenters. The molecular weight excluding hydrogens is 286 g/mol. The van der Waals surface area contributed by atoms with Gasteiger partial charge in [-0.05, 0) is 18.6 Å². The average molecular weight is 307 g/mol. The number of nitrogens with zero attached hydrogens (tertiary/aromatic N) is 4. The number of hydrogen-bond acceptors (Lipinski definition) is 4. The number of anilines is 1. The van der Waals surface area contributed by atoms with Gasteiger partial charge in [0.25, 0.3) is 0 Å². The lowest BCUT2D eigenvalue weighted by Gasteiger charge is -2.29. The zero-order chi connectivity index (χ0) is 15.6. The van der Waals surface area contributed by atoms with Gasteiger partial charge in [0.05, 0.1) is 12.2 Å². The summed E-state index contributed by atoms with van der Waals surface area (Å²) in [6, 6.07) is 12.6. The molecule has 3 heterocycles. The van der Waals surface area contributed by atoms with Gasteiger partial charge in [-0.25, -0.2) is 9.97 Å². The van der Waals surface area contributed by atoms with Crippen molar-refractivity contribution in [2.75, 3.05) is 31.1 Å². The molecule has 0 radical (unpaired) electrons. The van der Waals surface area contributed by atoms with E-state index < -0.39 is 0 Å². The van der Waals surface area contributed by atoms with E-state index in [0.717, 1.165) is 49.7 Å². The molecular formula is C18H21N5. The van der Waals surface area contributed by atoms with E-state index in [1.54, 1.807) is 0 Å². The first-order chi connectivity index (χ1) is 11.3. The molecule has 0 bridgehead atoms. The summed E-state index contributed by atoms with van der Waals surface area (Å²) < 4.78 is 2.20. The molecule has 1 aromatic carbocycles. The van der Waals surface area contributed by atoms with Crippen LogP contribution >= 0.6 is 0 Å². The Balaban J connectivity index is 1.76. The van der Waals surface area contributed by atoms with Crippen molar-refractivity contribution in [1.29, 1.82) is 0 Å². The van der Waals surface area contributed by atoms with E-state index in [1.165, 1.54) is 11.3 Å². The minimum absolute atomic E-state index is 0.807. The van der Waals surface area contributed by atoms with Crippen LogP contribution in [0.15, 0.2) is 42.6 Å². The molecule has 4 rings (SSSR count). The van der Waals surface area contributed by atoms with Gasteiger partial charge in [-0.3, -0.25) is 0 Å². The number of benzene rings is 1. The van der Waals surface area contributed by atoms with Gasteiger partial charge in [-0.15, -0.1) is 0 Å². The number of aryl methyl sites for hydroxylation is 1. The molecule has 1 aliphatic heterocycles. The van der Waals surface area contributed by atoms with Gasteiger partial charge in [0.1, 0.15) is 11.3 Å². The van der Waals surface area contributed by atoms with Gasteiger partial charge in [0.15, 0.2) is 5.65 Å². The van der Waals surface area contributed by atoms with Gasteiger partial charge in [-0.1, -0.05) is 30.3 Å². The van der Waals surface area contributed by atoms with Crippen molar-refractivity contribution >= 4 is 16.9 Å². The number of rotatable bonds is 3. The smallest absolute Gasteiger partial charge is 0.162 e. The highest BCUT2D eigenvalue weighted by Crippen LogP contribution is 2.26. The summed E-state index contributed by atoms with van der Waals surface area (Å²) in [4.78, 5) is 11.8. The number of hydrogen-bond donors (Lipinski definition) is 1. The third kappa shape index (κ3) is 2.68. The lowest BCUT2D eigenvalue weighted by atomic mass is 10.2. The first-order valence-corrected chi connectivity index (χ1v) is 8.14. The first-order valence-electron chi connectivity index (χ1n) is 8.14. The normalized spacial score (nSPS) is 15.3. The third-order valence-corrected chi connectivity index (χ3v) is 4.44. The van der Waals surface area contributed by atoms with E-state index in [4.69, 9.17) is 4.98 Å². The largest absolute Gasteiger partial charge is 0.367 e. The van der Waals surface area contributed by atoms with Crippen molar-refractivity contribution in [2.45, 2.75) is 13.5 Å². The van der Waals surface area contributed by atoms with Crippen molar-refractivity contribution in [3.05, 3.63) is 54.0 Å². The molecule has 0 amide bonds. The first kappa shape index (κ1) is 14.2. The molecule has 1 saturated heterocycles. The quantitative estimate of drug-likeness (QED) is 0.806. The maximum Gasteiger partial charge on any atom is 0.162 e. The molecule has 0 unspecified atom stereocenters. The molecule has 0 aliphatic carbocycles. The fraction of sp³-hybridized carbons (Fsp3) is 0.333. The zero-order valence-electron chi connectivity index (χ0n) is 13.4. The second-order valence-corrected chi connectivity index (χ2v) is 5.97. The molecule has 5 heteroatoms. The van der Waals surface area contributed by atoms with Crippen molar-refractivity contribution in [2.24, 2.45) is 0 Å². The van der Waals surface area contributed by atoms with Crippen molar-refractivity contribution in [3.8, 4) is 0 Å². The molecule has 118 valence electrons. The van der Waals surface area contributed by atoms with Gasteiger partial charge >= 0.3 is 0 Å². The van der Waals surface area contributed by atoms with Gasteiger partial charge in [0.2, 0.25) is 0 Å². The van der Waals surface area contributed by atoms with E-state index in [2.05, 4.69) is 57.0 Å². The van der Waals surface area contributed by atoms with E-state index in [9.17, 15) is 0 Å². The van der Waals surface area contributed by atoms with E-state index >= 15 is 0 Å². The van der Waals surface area contributed by atoms with Gasteiger partial charge in [-0.2, -0.15) is 0 Å². The fourth-order valence-corrected chi connectivity index (χ4v) is 3.23. The minimum Gasteiger partial charge on any atom is -0.367 e. The topological polar surface area (TPSA) is 46.0 Å². The summed E-state index contributed by atoms with van der Waals surface area (Å²) in [5, 5.41) is 3.40. The van der Waals surface area contributed by atoms with Crippen LogP contribution in [0.1, 0.15) is 11.4 Å².